The molecule has 1 unspecified atom stereocenters. The Hall–Kier alpha value is -2.49. The van der Waals surface area contributed by atoms with Crippen molar-refractivity contribution in [2.24, 2.45) is 7.05 Å². The summed E-state index contributed by atoms with van der Waals surface area (Å²) in [6.07, 6.45) is 3.44. The molecule has 0 saturated carbocycles. The van der Waals surface area contributed by atoms with Crippen LogP contribution in [-0.4, -0.2) is 30.4 Å². The molecule has 0 aliphatic rings. The van der Waals surface area contributed by atoms with Crippen LogP contribution in [0.3, 0.4) is 0 Å². The number of nitrogens with one attached hydrogen (secondary N) is 2. The maximum atomic E-state index is 12.4. The molecule has 2 heterocycles. The molecule has 0 radical (unpaired) electrons. The van der Waals surface area contributed by atoms with Gasteiger partial charge in [0.25, 0.3) is 10.0 Å². The number of hydrogen-bond acceptors (Lipinski definition) is 5. The van der Waals surface area contributed by atoms with E-state index in [2.05, 4.69) is 15.0 Å². The van der Waals surface area contributed by atoms with Crippen molar-refractivity contribution in [3.63, 3.8) is 0 Å². The second kappa shape index (κ2) is 7.81. The van der Waals surface area contributed by atoms with Crippen LogP contribution in [0.2, 0.25) is 0 Å². The van der Waals surface area contributed by atoms with Crippen molar-refractivity contribution in [3.05, 3.63) is 71.6 Å². The lowest BCUT2D eigenvalue weighted by Gasteiger charge is -2.19. The van der Waals surface area contributed by atoms with E-state index in [-0.39, 0.29) is 10.8 Å². The molecule has 0 fully saturated rings. The van der Waals surface area contributed by atoms with Crippen molar-refractivity contribution in [2.45, 2.75) is 10.3 Å². The van der Waals surface area contributed by atoms with E-state index in [9.17, 15) is 13.2 Å². The Bertz CT molecular complexity index is 967. The fraction of sp³-hybridized carbons (Fsp3) is 0.176. The predicted molar refractivity (Wildman–Crippen MR) is 99.1 cm³/mol. The summed E-state index contributed by atoms with van der Waals surface area (Å²) in [5.41, 5.74) is 0.858. The first-order chi connectivity index (χ1) is 12.5. The van der Waals surface area contributed by atoms with E-state index in [1.165, 1.54) is 6.07 Å². The fourth-order valence-corrected chi connectivity index (χ4v) is 4.48. The average Bonchev–Trinajstić information content (AvgIpc) is 3.31. The van der Waals surface area contributed by atoms with Crippen LogP contribution in [0.25, 0.3) is 0 Å². The second-order valence-corrected chi connectivity index (χ2v) is 8.51. The highest BCUT2D eigenvalue weighted by Gasteiger charge is 2.22. The van der Waals surface area contributed by atoms with Gasteiger partial charge in [0.05, 0.1) is 6.54 Å². The van der Waals surface area contributed by atoms with Gasteiger partial charge in [0.1, 0.15) is 16.1 Å². The molecule has 2 aromatic heterocycles. The summed E-state index contributed by atoms with van der Waals surface area (Å²) >= 11 is 1.10. The van der Waals surface area contributed by atoms with E-state index in [1.807, 2.05) is 41.9 Å². The highest BCUT2D eigenvalue weighted by Crippen LogP contribution is 2.20. The quantitative estimate of drug-likeness (QED) is 0.642. The highest BCUT2D eigenvalue weighted by molar-refractivity contribution is 7.91. The van der Waals surface area contributed by atoms with Crippen LogP contribution in [-0.2, 0) is 21.9 Å². The van der Waals surface area contributed by atoms with Crippen LogP contribution in [0.1, 0.15) is 17.4 Å². The molecule has 0 spiro atoms. The summed E-state index contributed by atoms with van der Waals surface area (Å²) in [6, 6.07) is 12.1. The van der Waals surface area contributed by atoms with E-state index in [0.717, 1.165) is 16.9 Å². The van der Waals surface area contributed by atoms with Crippen molar-refractivity contribution >= 4 is 27.3 Å². The van der Waals surface area contributed by atoms with Crippen LogP contribution in [0.4, 0.5) is 0 Å². The van der Waals surface area contributed by atoms with Gasteiger partial charge in [-0.25, -0.2) is 18.1 Å². The number of carbonyl (C=O) groups excluding carboxylic acids is 1. The van der Waals surface area contributed by atoms with Gasteiger partial charge in [-0.15, -0.1) is 11.3 Å². The SMILES string of the molecule is Cn1ccnc1C(NC(=O)CNS(=O)(=O)c1cccs1)c1ccccc1. The standard InChI is InChI=1S/C17H18N4O3S2/c1-21-10-9-18-17(21)16(13-6-3-2-4-7-13)20-14(22)12-19-26(23,24)15-8-5-11-25-15/h2-11,16,19H,12H2,1H3,(H,20,22). The number of nitrogens with zero attached hydrogens (tertiary/aromatic N) is 2. The molecule has 7 nitrogen and oxygen atoms in total. The summed E-state index contributed by atoms with van der Waals surface area (Å²) in [4.78, 5) is 16.7. The number of carbonyl (C=O) groups is 1. The average molecular weight is 390 g/mol. The maximum absolute atomic E-state index is 12.4. The minimum absolute atomic E-state index is 0.175. The first-order valence-electron chi connectivity index (χ1n) is 7.82. The number of hydrogen-bond donors (Lipinski definition) is 2. The minimum atomic E-state index is -3.69. The largest absolute Gasteiger partial charge is 0.341 e. The lowest BCUT2D eigenvalue weighted by atomic mass is 10.1. The molecule has 1 amide bonds. The number of benzene rings is 1. The molecule has 0 saturated heterocycles. The Kier molecular flexibility index (Phi) is 5.50. The molecule has 0 bridgehead atoms. The molecule has 9 heteroatoms. The Morgan fingerprint density at radius 1 is 1.23 bits per heavy atom. The van der Waals surface area contributed by atoms with Crippen molar-refractivity contribution < 1.29 is 13.2 Å². The Balaban J connectivity index is 1.73. The van der Waals surface area contributed by atoms with Crippen LogP contribution in [0, 0.1) is 0 Å². The molecular formula is C17H18N4O3S2. The fourth-order valence-electron chi connectivity index (χ4n) is 2.46. The van der Waals surface area contributed by atoms with Gasteiger partial charge >= 0.3 is 0 Å². The number of rotatable bonds is 7. The Morgan fingerprint density at radius 3 is 2.62 bits per heavy atom. The molecule has 1 atom stereocenters. The number of sulfonamides is 1. The number of aromatic nitrogens is 2. The number of imidazole rings is 1. The third-order valence-corrected chi connectivity index (χ3v) is 6.54. The Labute approximate surface area is 155 Å². The van der Waals surface area contributed by atoms with Gasteiger partial charge in [-0.05, 0) is 17.0 Å². The van der Waals surface area contributed by atoms with Crippen LogP contribution in [0.15, 0.2) is 64.4 Å². The van der Waals surface area contributed by atoms with Gasteiger partial charge < -0.3 is 9.88 Å². The van der Waals surface area contributed by atoms with E-state index in [1.54, 1.807) is 23.8 Å². The molecular weight excluding hydrogens is 372 g/mol. The lowest BCUT2D eigenvalue weighted by molar-refractivity contribution is -0.120. The summed E-state index contributed by atoms with van der Waals surface area (Å²) < 4.78 is 28.6. The number of amides is 1. The molecule has 26 heavy (non-hydrogen) atoms. The van der Waals surface area contributed by atoms with Crippen LogP contribution in [0.5, 0.6) is 0 Å². The zero-order valence-electron chi connectivity index (χ0n) is 14.0. The second-order valence-electron chi connectivity index (χ2n) is 5.56. The van der Waals surface area contributed by atoms with Gasteiger partial charge in [-0.2, -0.15) is 0 Å². The van der Waals surface area contributed by atoms with Gasteiger partial charge in [-0.1, -0.05) is 36.4 Å². The number of thiophene rings is 1. The molecule has 1 aromatic carbocycles. The van der Waals surface area contributed by atoms with E-state index in [4.69, 9.17) is 0 Å². The maximum Gasteiger partial charge on any atom is 0.250 e. The van der Waals surface area contributed by atoms with Crippen LogP contribution < -0.4 is 10.0 Å². The number of aryl methyl sites for hydroxylation is 1. The first-order valence-corrected chi connectivity index (χ1v) is 10.2. The van der Waals surface area contributed by atoms with Crippen molar-refractivity contribution in [3.8, 4) is 0 Å². The van der Waals surface area contributed by atoms with Crippen molar-refractivity contribution in [2.75, 3.05) is 6.54 Å². The monoisotopic (exact) mass is 390 g/mol. The van der Waals surface area contributed by atoms with E-state index in [0.29, 0.717) is 5.82 Å². The van der Waals surface area contributed by atoms with Crippen molar-refractivity contribution in [1.82, 2.24) is 19.6 Å². The van der Waals surface area contributed by atoms with Crippen LogP contribution >= 0.6 is 11.3 Å². The summed E-state index contributed by atoms with van der Waals surface area (Å²) in [7, 11) is -1.85. The van der Waals surface area contributed by atoms with Gasteiger partial charge in [-0.3, -0.25) is 4.79 Å². The predicted octanol–water partition coefficient (Wildman–Crippen LogP) is 1.67. The molecule has 0 aliphatic carbocycles. The van der Waals surface area contributed by atoms with E-state index >= 15 is 0 Å². The summed E-state index contributed by atoms with van der Waals surface area (Å²) in [6.45, 7) is -0.353. The molecule has 3 rings (SSSR count). The minimum Gasteiger partial charge on any atom is -0.341 e. The molecule has 3 aromatic rings. The van der Waals surface area contributed by atoms with E-state index < -0.39 is 22.0 Å². The third-order valence-electron chi connectivity index (χ3n) is 3.74. The van der Waals surface area contributed by atoms with Gasteiger partial charge in [0, 0.05) is 19.4 Å². The van der Waals surface area contributed by atoms with Gasteiger partial charge in [0.15, 0.2) is 0 Å². The molecule has 136 valence electrons. The normalized spacial score (nSPS) is 12.7. The molecule has 2 N–H and O–H groups in total. The van der Waals surface area contributed by atoms with Crippen molar-refractivity contribution in [1.29, 1.82) is 0 Å². The highest BCUT2D eigenvalue weighted by atomic mass is 32.2. The zero-order chi connectivity index (χ0) is 18.6. The zero-order valence-corrected chi connectivity index (χ0v) is 15.6. The topological polar surface area (TPSA) is 93.1 Å². The Morgan fingerprint density at radius 2 is 2.00 bits per heavy atom. The smallest absolute Gasteiger partial charge is 0.250 e. The van der Waals surface area contributed by atoms with Gasteiger partial charge in [0.2, 0.25) is 5.91 Å². The molecule has 0 aliphatic heterocycles. The third kappa shape index (κ3) is 4.18. The summed E-state index contributed by atoms with van der Waals surface area (Å²) in [5, 5.41) is 4.52. The lowest BCUT2D eigenvalue weighted by Crippen LogP contribution is -2.39. The first kappa shape index (κ1) is 18.3. The summed E-state index contributed by atoms with van der Waals surface area (Å²) in [5.74, 6) is 0.215.